The molecule has 0 saturated carbocycles. The van der Waals surface area contributed by atoms with Crippen LogP contribution in [0.1, 0.15) is 6.42 Å². The molecule has 0 atom stereocenters. The summed E-state index contributed by atoms with van der Waals surface area (Å²) in [5.41, 5.74) is 5.51. The Morgan fingerprint density at radius 2 is 2.19 bits per heavy atom. The van der Waals surface area contributed by atoms with Crippen molar-refractivity contribution in [1.29, 1.82) is 0 Å². The number of amides is 1. The normalized spacial score (nSPS) is 10.3. The van der Waals surface area contributed by atoms with Crippen molar-refractivity contribution in [2.75, 3.05) is 16.8 Å². The van der Waals surface area contributed by atoms with E-state index in [1.165, 1.54) is 35.2 Å². The molecule has 10 heteroatoms. The van der Waals surface area contributed by atoms with Gasteiger partial charge in [0, 0.05) is 18.2 Å². The number of aromatic nitrogens is 2. The fourth-order valence-corrected chi connectivity index (χ4v) is 3.11. The lowest BCUT2D eigenvalue weighted by Gasteiger charge is -2.05. The molecule has 0 fully saturated rings. The van der Waals surface area contributed by atoms with Gasteiger partial charge in [-0.3, -0.25) is 14.9 Å². The molecule has 110 valence electrons. The highest BCUT2D eigenvalue weighted by Crippen LogP contribution is 2.25. The van der Waals surface area contributed by atoms with Gasteiger partial charge in [0.1, 0.15) is 5.69 Å². The highest BCUT2D eigenvalue weighted by molar-refractivity contribution is 8.01. The van der Waals surface area contributed by atoms with Crippen LogP contribution in [0.15, 0.2) is 28.6 Å². The molecule has 2 rings (SSSR count). The molecular weight excluding hydrogens is 314 g/mol. The van der Waals surface area contributed by atoms with Gasteiger partial charge < -0.3 is 11.1 Å². The Bertz CT molecular complexity index is 661. The molecule has 0 bridgehead atoms. The van der Waals surface area contributed by atoms with Gasteiger partial charge in [-0.05, 0) is 6.07 Å². The third-order valence-corrected chi connectivity index (χ3v) is 4.24. The first kappa shape index (κ1) is 15.2. The van der Waals surface area contributed by atoms with Crippen molar-refractivity contribution in [2.45, 2.75) is 10.8 Å². The summed E-state index contributed by atoms with van der Waals surface area (Å²) >= 11 is 2.61. The van der Waals surface area contributed by atoms with Crippen LogP contribution in [0.25, 0.3) is 0 Å². The fourth-order valence-electron chi connectivity index (χ4n) is 1.46. The number of rotatable bonds is 6. The van der Waals surface area contributed by atoms with Crippen LogP contribution in [-0.4, -0.2) is 26.8 Å². The maximum absolute atomic E-state index is 11.8. The SMILES string of the molecule is Nc1nnc(SCCC(=O)Nc2ccccc2[N+](=O)[O-])s1. The Labute approximate surface area is 127 Å². The number of carbonyl (C=O) groups is 1. The summed E-state index contributed by atoms with van der Waals surface area (Å²) in [4.78, 5) is 22.1. The smallest absolute Gasteiger partial charge is 0.292 e. The van der Waals surface area contributed by atoms with Gasteiger partial charge in [-0.15, -0.1) is 10.2 Å². The molecule has 8 nitrogen and oxygen atoms in total. The fraction of sp³-hybridized carbons (Fsp3) is 0.182. The summed E-state index contributed by atoms with van der Waals surface area (Å²) < 4.78 is 0.686. The van der Waals surface area contributed by atoms with Gasteiger partial charge in [-0.1, -0.05) is 35.2 Å². The number of thioether (sulfide) groups is 1. The standard InChI is InChI=1S/C11H11N5O3S2/c12-10-14-15-11(21-10)20-6-5-9(17)13-7-3-1-2-4-8(7)16(18)19/h1-4H,5-6H2,(H2,12,14)(H,13,17). The van der Waals surface area contributed by atoms with Crippen molar-refractivity contribution in [3.63, 3.8) is 0 Å². The first-order valence-electron chi connectivity index (χ1n) is 5.81. The van der Waals surface area contributed by atoms with E-state index in [0.717, 1.165) is 0 Å². The number of anilines is 2. The van der Waals surface area contributed by atoms with Crippen molar-refractivity contribution >= 4 is 45.5 Å². The van der Waals surface area contributed by atoms with E-state index in [2.05, 4.69) is 15.5 Å². The molecule has 1 aromatic carbocycles. The highest BCUT2D eigenvalue weighted by Gasteiger charge is 2.14. The lowest BCUT2D eigenvalue weighted by molar-refractivity contribution is -0.383. The van der Waals surface area contributed by atoms with Crippen LogP contribution in [0.3, 0.4) is 0 Å². The number of nitro groups is 1. The summed E-state index contributed by atoms with van der Waals surface area (Å²) in [5, 5.41) is 21.2. The summed E-state index contributed by atoms with van der Waals surface area (Å²) in [7, 11) is 0. The minimum absolute atomic E-state index is 0.129. The molecule has 1 amide bonds. The largest absolute Gasteiger partial charge is 0.374 e. The molecule has 1 aromatic heterocycles. The van der Waals surface area contributed by atoms with Crippen molar-refractivity contribution in [1.82, 2.24) is 10.2 Å². The van der Waals surface area contributed by atoms with Crippen molar-refractivity contribution < 1.29 is 9.72 Å². The van der Waals surface area contributed by atoms with Crippen LogP contribution in [0.5, 0.6) is 0 Å². The Kier molecular flexibility index (Phi) is 5.06. The molecular formula is C11H11N5O3S2. The summed E-state index contributed by atoms with van der Waals surface area (Å²) in [6, 6.07) is 6.01. The zero-order valence-electron chi connectivity index (χ0n) is 10.7. The van der Waals surface area contributed by atoms with Gasteiger partial charge in [0.15, 0.2) is 4.34 Å². The topological polar surface area (TPSA) is 124 Å². The van der Waals surface area contributed by atoms with E-state index in [1.807, 2.05) is 0 Å². The number of nitrogens with zero attached hydrogens (tertiary/aromatic N) is 3. The van der Waals surface area contributed by atoms with Gasteiger partial charge in [0.05, 0.1) is 4.92 Å². The van der Waals surface area contributed by atoms with E-state index in [-0.39, 0.29) is 23.7 Å². The number of para-hydroxylation sites is 2. The van der Waals surface area contributed by atoms with E-state index >= 15 is 0 Å². The van der Waals surface area contributed by atoms with Gasteiger partial charge in [-0.2, -0.15) is 0 Å². The molecule has 0 unspecified atom stereocenters. The zero-order chi connectivity index (χ0) is 15.2. The van der Waals surface area contributed by atoms with E-state index in [0.29, 0.717) is 15.2 Å². The molecule has 0 aliphatic rings. The maximum Gasteiger partial charge on any atom is 0.292 e. The summed E-state index contributed by atoms with van der Waals surface area (Å²) in [6.07, 6.45) is 0.205. The van der Waals surface area contributed by atoms with Crippen molar-refractivity contribution in [3.05, 3.63) is 34.4 Å². The number of hydrogen-bond donors (Lipinski definition) is 2. The average molecular weight is 325 g/mol. The molecule has 3 N–H and O–H groups in total. The van der Waals surface area contributed by atoms with Gasteiger partial charge in [0.25, 0.3) is 5.69 Å². The second kappa shape index (κ2) is 6.99. The number of nitrogens with one attached hydrogen (secondary N) is 1. The molecule has 0 spiro atoms. The van der Waals surface area contributed by atoms with E-state index in [9.17, 15) is 14.9 Å². The Morgan fingerprint density at radius 3 is 2.86 bits per heavy atom. The van der Waals surface area contributed by atoms with Crippen LogP contribution in [0.2, 0.25) is 0 Å². The monoisotopic (exact) mass is 325 g/mol. The summed E-state index contributed by atoms with van der Waals surface area (Å²) in [6.45, 7) is 0. The number of benzene rings is 1. The van der Waals surface area contributed by atoms with Crippen LogP contribution in [-0.2, 0) is 4.79 Å². The zero-order valence-corrected chi connectivity index (χ0v) is 12.3. The Morgan fingerprint density at radius 1 is 1.43 bits per heavy atom. The van der Waals surface area contributed by atoms with Gasteiger partial charge >= 0.3 is 0 Å². The molecule has 2 aromatic rings. The number of nitro benzene ring substituents is 1. The number of hydrogen-bond acceptors (Lipinski definition) is 8. The molecule has 1 heterocycles. The van der Waals surface area contributed by atoms with Crippen LogP contribution < -0.4 is 11.1 Å². The molecule has 0 aliphatic heterocycles. The molecule has 0 aliphatic carbocycles. The number of nitrogen functional groups attached to an aromatic ring is 1. The van der Waals surface area contributed by atoms with E-state index in [1.54, 1.807) is 12.1 Å². The maximum atomic E-state index is 11.8. The lowest BCUT2D eigenvalue weighted by atomic mass is 10.2. The van der Waals surface area contributed by atoms with Crippen molar-refractivity contribution in [3.8, 4) is 0 Å². The summed E-state index contributed by atoms with van der Waals surface area (Å²) in [5.74, 6) is 0.190. The first-order chi connectivity index (χ1) is 10.1. The molecule has 0 radical (unpaired) electrons. The first-order valence-corrected chi connectivity index (χ1v) is 7.61. The third kappa shape index (κ3) is 4.39. The second-order valence-corrected chi connectivity index (χ2v) is 6.18. The van der Waals surface area contributed by atoms with E-state index < -0.39 is 4.92 Å². The van der Waals surface area contributed by atoms with Crippen molar-refractivity contribution in [2.24, 2.45) is 0 Å². The second-order valence-electron chi connectivity index (χ2n) is 3.83. The lowest BCUT2D eigenvalue weighted by Crippen LogP contribution is -2.13. The third-order valence-electron chi connectivity index (χ3n) is 2.35. The molecule has 21 heavy (non-hydrogen) atoms. The predicted molar refractivity (Wildman–Crippen MR) is 81.4 cm³/mol. The van der Waals surface area contributed by atoms with Crippen LogP contribution in [0, 0.1) is 10.1 Å². The highest BCUT2D eigenvalue weighted by atomic mass is 32.2. The minimum Gasteiger partial charge on any atom is -0.374 e. The van der Waals surface area contributed by atoms with E-state index in [4.69, 9.17) is 5.73 Å². The number of carbonyl (C=O) groups excluding carboxylic acids is 1. The molecule has 0 saturated heterocycles. The number of nitrogens with two attached hydrogens (primary N) is 1. The van der Waals surface area contributed by atoms with Gasteiger partial charge in [0.2, 0.25) is 11.0 Å². The Hall–Kier alpha value is -2.20. The van der Waals surface area contributed by atoms with Crippen LogP contribution >= 0.6 is 23.1 Å². The predicted octanol–water partition coefficient (Wildman–Crippen LogP) is 2.15. The Balaban J connectivity index is 1.86. The van der Waals surface area contributed by atoms with Crippen LogP contribution in [0.4, 0.5) is 16.5 Å². The quantitative estimate of drug-likeness (QED) is 0.473. The van der Waals surface area contributed by atoms with Gasteiger partial charge in [-0.25, -0.2) is 0 Å². The average Bonchev–Trinajstić information content (AvgIpc) is 2.85. The minimum atomic E-state index is -0.533.